The van der Waals surface area contributed by atoms with Crippen LogP contribution in [-0.4, -0.2) is 30.0 Å². The Hall–Kier alpha value is -1.06. The molecule has 2 N–H and O–H groups in total. The molecule has 2 aliphatic carbocycles. The van der Waals surface area contributed by atoms with Gasteiger partial charge in [0.25, 0.3) is 0 Å². The van der Waals surface area contributed by atoms with Crippen molar-refractivity contribution < 1.29 is 14.9 Å². The number of aromatic hydroxyl groups is 1. The second-order valence-corrected chi connectivity index (χ2v) is 7.84. The lowest BCUT2D eigenvalue weighted by Crippen LogP contribution is -2.30. The molecule has 0 spiro atoms. The minimum Gasteiger partial charge on any atom is -0.508 e. The van der Waals surface area contributed by atoms with E-state index < -0.39 is 0 Å². The van der Waals surface area contributed by atoms with Crippen LogP contribution in [0.2, 0.25) is 0 Å². The highest BCUT2D eigenvalue weighted by Crippen LogP contribution is 2.51. The van der Waals surface area contributed by atoms with E-state index in [-0.39, 0.29) is 6.10 Å². The third-order valence-electron chi connectivity index (χ3n) is 6.27. The van der Waals surface area contributed by atoms with Gasteiger partial charge in [-0.15, -0.1) is 0 Å². The highest BCUT2D eigenvalue weighted by Gasteiger charge is 2.41. The minimum atomic E-state index is -0.107. The summed E-state index contributed by atoms with van der Waals surface area (Å²) in [4.78, 5) is 0. The molecular weight excluding hydrogens is 300 g/mol. The first kappa shape index (κ1) is 17.8. The molecule has 2 aliphatic rings. The summed E-state index contributed by atoms with van der Waals surface area (Å²) in [6.45, 7) is 2.96. The van der Waals surface area contributed by atoms with Gasteiger partial charge in [-0.3, -0.25) is 0 Å². The van der Waals surface area contributed by atoms with Crippen molar-refractivity contribution in [1.29, 1.82) is 0 Å². The molecule has 3 rings (SSSR count). The summed E-state index contributed by atoms with van der Waals surface area (Å²) in [6.07, 6.45) is 7.75. The standard InChI is InChI=1S/C21H32O3/c1-3-4-5-18-19-9-8-17(23)12-21(19)15(13-24-2)11-20(18)14-6-7-16(22)10-14/h8-9,12,14-16,18,20,22-23H,3-7,10-11,13H2,1-2H3. The molecule has 1 aromatic carbocycles. The Morgan fingerprint density at radius 3 is 2.67 bits per heavy atom. The first-order valence-corrected chi connectivity index (χ1v) is 9.63. The van der Waals surface area contributed by atoms with E-state index in [1.807, 2.05) is 12.1 Å². The Labute approximate surface area is 146 Å². The summed E-state index contributed by atoms with van der Waals surface area (Å²) >= 11 is 0. The van der Waals surface area contributed by atoms with E-state index in [9.17, 15) is 10.2 Å². The Bertz CT molecular complexity index is 542. The molecule has 3 heteroatoms. The number of hydrogen-bond acceptors (Lipinski definition) is 3. The SMILES string of the molecule is CCCCC1c2ccc(O)cc2C(COC)CC1C1CCC(O)C1. The molecule has 0 aromatic heterocycles. The number of fused-ring (bicyclic) bond motifs is 1. The smallest absolute Gasteiger partial charge is 0.115 e. The molecule has 1 fully saturated rings. The second kappa shape index (κ2) is 7.88. The monoisotopic (exact) mass is 332 g/mol. The number of hydrogen-bond donors (Lipinski definition) is 2. The molecule has 1 aromatic rings. The molecule has 5 unspecified atom stereocenters. The summed E-state index contributed by atoms with van der Waals surface area (Å²) in [5.41, 5.74) is 2.70. The minimum absolute atomic E-state index is 0.107. The van der Waals surface area contributed by atoms with Crippen LogP contribution in [0.25, 0.3) is 0 Å². The van der Waals surface area contributed by atoms with Gasteiger partial charge in [0.15, 0.2) is 0 Å². The van der Waals surface area contributed by atoms with Crippen LogP contribution in [0.4, 0.5) is 0 Å². The van der Waals surface area contributed by atoms with Crippen molar-refractivity contribution in [3.63, 3.8) is 0 Å². The van der Waals surface area contributed by atoms with E-state index in [0.717, 1.165) is 25.7 Å². The first-order chi connectivity index (χ1) is 11.6. The summed E-state index contributed by atoms with van der Waals surface area (Å²) < 4.78 is 5.50. The summed E-state index contributed by atoms with van der Waals surface area (Å²) in [6, 6.07) is 5.94. The molecular formula is C21H32O3. The Morgan fingerprint density at radius 2 is 2.00 bits per heavy atom. The van der Waals surface area contributed by atoms with Crippen LogP contribution in [-0.2, 0) is 4.74 Å². The molecule has 5 atom stereocenters. The van der Waals surface area contributed by atoms with E-state index in [1.165, 1.54) is 30.4 Å². The van der Waals surface area contributed by atoms with Crippen LogP contribution in [0.15, 0.2) is 18.2 Å². The van der Waals surface area contributed by atoms with Gasteiger partial charge in [0, 0.05) is 13.0 Å². The van der Waals surface area contributed by atoms with Gasteiger partial charge < -0.3 is 14.9 Å². The predicted octanol–water partition coefficient (Wildman–Crippen LogP) is 4.58. The second-order valence-electron chi connectivity index (χ2n) is 7.84. The van der Waals surface area contributed by atoms with E-state index >= 15 is 0 Å². The Balaban J connectivity index is 1.94. The number of unbranched alkanes of at least 4 members (excludes halogenated alkanes) is 1. The molecule has 0 aliphatic heterocycles. The third-order valence-corrected chi connectivity index (χ3v) is 6.27. The fraction of sp³-hybridized carbons (Fsp3) is 0.714. The van der Waals surface area contributed by atoms with Crippen LogP contribution in [0.3, 0.4) is 0 Å². The molecule has 134 valence electrons. The maximum Gasteiger partial charge on any atom is 0.115 e. The molecule has 0 saturated heterocycles. The molecule has 0 amide bonds. The lowest BCUT2D eigenvalue weighted by molar-refractivity contribution is 0.129. The number of ether oxygens (including phenoxy) is 1. The molecule has 24 heavy (non-hydrogen) atoms. The highest BCUT2D eigenvalue weighted by molar-refractivity contribution is 5.42. The normalized spacial score (nSPS) is 32.7. The number of phenolic OH excluding ortho intramolecular Hbond substituents is 1. The lowest BCUT2D eigenvalue weighted by atomic mass is 9.64. The van der Waals surface area contributed by atoms with Crippen LogP contribution in [0, 0.1) is 11.8 Å². The largest absolute Gasteiger partial charge is 0.508 e. The van der Waals surface area contributed by atoms with Crippen molar-refractivity contribution in [2.45, 2.75) is 69.8 Å². The number of phenols is 1. The zero-order chi connectivity index (χ0) is 17.1. The van der Waals surface area contributed by atoms with Gasteiger partial charge in [0.1, 0.15) is 5.75 Å². The predicted molar refractivity (Wildman–Crippen MR) is 96.4 cm³/mol. The number of rotatable bonds is 6. The molecule has 3 nitrogen and oxygen atoms in total. The average Bonchev–Trinajstić information content (AvgIpc) is 3.00. The molecule has 1 saturated carbocycles. The number of benzene rings is 1. The summed E-state index contributed by atoms with van der Waals surface area (Å²) in [5, 5.41) is 20.0. The fourth-order valence-corrected chi connectivity index (χ4v) is 5.16. The van der Waals surface area contributed by atoms with E-state index in [2.05, 4.69) is 13.0 Å². The van der Waals surface area contributed by atoms with Crippen LogP contribution in [0.1, 0.15) is 74.8 Å². The van der Waals surface area contributed by atoms with E-state index in [0.29, 0.717) is 36.0 Å². The highest BCUT2D eigenvalue weighted by atomic mass is 16.5. The van der Waals surface area contributed by atoms with Crippen LogP contribution >= 0.6 is 0 Å². The summed E-state index contributed by atoms with van der Waals surface area (Å²) in [7, 11) is 1.76. The molecule has 0 heterocycles. The number of methoxy groups -OCH3 is 1. The van der Waals surface area contributed by atoms with Crippen molar-refractivity contribution in [1.82, 2.24) is 0 Å². The van der Waals surface area contributed by atoms with Gasteiger partial charge >= 0.3 is 0 Å². The first-order valence-electron chi connectivity index (χ1n) is 9.63. The van der Waals surface area contributed by atoms with Crippen molar-refractivity contribution in [2.75, 3.05) is 13.7 Å². The number of aliphatic hydroxyl groups excluding tert-OH is 1. The van der Waals surface area contributed by atoms with Crippen LogP contribution < -0.4 is 0 Å². The Kier molecular flexibility index (Phi) is 5.83. The zero-order valence-corrected chi connectivity index (χ0v) is 15.1. The average molecular weight is 332 g/mol. The third kappa shape index (κ3) is 3.62. The van der Waals surface area contributed by atoms with Crippen molar-refractivity contribution in [2.24, 2.45) is 11.8 Å². The van der Waals surface area contributed by atoms with Gasteiger partial charge in [0.05, 0.1) is 12.7 Å². The molecule has 0 radical (unpaired) electrons. The van der Waals surface area contributed by atoms with Gasteiger partial charge in [0.2, 0.25) is 0 Å². The van der Waals surface area contributed by atoms with Gasteiger partial charge in [-0.25, -0.2) is 0 Å². The van der Waals surface area contributed by atoms with E-state index in [4.69, 9.17) is 4.74 Å². The maximum absolute atomic E-state index is 10.0. The summed E-state index contributed by atoms with van der Waals surface area (Å²) in [5.74, 6) is 2.54. The zero-order valence-electron chi connectivity index (χ0n) is 15.1. The molecule has 0 bridgehead atoms. The van der Waals surface area contributed by atoms with Crippen molar-refractivity contribution in [3.05, 3.63) is 29.3 Å². The van der Waals surface area contributed by atoms with Gasteiger partial charge in [-0.2, -0.15) is 0 Å². The fourth-order valence-electron chi connectivity index (χ4n) is 5.16. The van der Waals surface area contributed by atoms with Gasteiger partial charge in [-0.1, -0.05) is 25.8 Å². The maximum atomic E-state index is 10.0. The Morgan fingerprint density at radius 1 is 1.17 bits per heavy atom. The quantitative estimate of drug-likeness (QED) is 0.802. The van der Waals surface area contributed by atoms with Crippen LogP contribution in [0.5, 0.6) is 5.75 Å². The number of aliphatic hydroxyl groups is 1. The van der Waals surface area contributed by atoms with Crippen molar-refractivity contribution in [3.8, 4) is 5.75 Å². The van der Waals surface area contributed by atoms with E-state index in [1.54, 1.807) is 7.11 Å². The topological polar surface area (TPSA) is 49.7 Å². The van der Waals surface area contributed by atoms with Gasteiger partial charge in [-0.05, 0) is 73.1 Å². The lowest BCUT2D eigenvalue weighted by Gasteiger charge is -2.41. The van der Waals surface area contributed by atoms with Crippen molar-refractivity contribution >= 4 is 0 Å².